The Morgan fingerprint density at radius 1 is 1.29 bits per heavy atom. The van der Waals surface area contributed by atoms with Crippen LogP contribution in [0.25, 0.3) is 0 Å². The molecule has 0 fully saturated rings. The monoisotopic (exact) mass is 200 g/mol. The zero-order valence-corrected chi connectivity index (χ0v) is 10.3. The molecule has 0 bridgehead atoms. The highest BCUT2D eigenvalue weighted by atomic mass is 16.2. The van der Waals surface area contributed by atoms with Gasteiger partial charge in [-0.25, -0.2) is 4.79 Å². The summed E-state index contributed by atoms with van der Waals surface area (Å²) in [5.41, 5.74) is 5.57. The van der Waals surface area contributed by atoms with Gasteiger partial charge in [0.05, 0.1) is 0 Å². The molecule has 1 unspecified atom stereocenters. The van der Waals surface area contributed by atoms with Crippen LogP contribution in [-0.4, -0.2) is 23.0 Å². The summed E-state index contributed by atoms with van der Waals surface area (Å²) in [7, 11) is 0. The van der Waals surface area contributed by atoms with E-state index in [0.717, 1.165) is 6.42 Å². The van der Waals surface area contributed by atoms with E-state index in [1.165, 1.54) is 0 Å². The highest BCUT2D eigenvalue weighted by Gasteiger charge is 2.24. The van der Waals surface area contributed by atoms with Gasteiger partial charge in [0, 0.05) is 12.1 Å². The predicted molar refractivity (Wildman–Crippen MR) is 60.1 cm³/mol. The minimum absolute atomic E-state index is 0.171. The van der Waals surface area contributed by atoms with Crippen LogP contribution in [0, 0.1) is 5.41 Å². The number of nitrogens with zero attached hydrogens (tertiary/aromatic N) is 1. The first-order chi connectivity index (χ1) is 6.15. The van der Waals surface area contributed by atoms with Crippen molar-refractivity contribution < 1.29 is 4.79 Å². The molecule has 2 N–H and O–H groups in total. The molecule has 0 saturated carbocycles. The Morgan fingerprint density at radius 3 is 1.93 bits per heavy atom. The molecule has 0 radical (unpaired) electrons. The largest absolute Gasteiger partial charge is 0.351 e. The second-order valence-electron chi connectivity index (χ2n) is 5.45. The Morgan fingerprint density at radius 2 is 1.71 bits per heavy atom. The van der Waals surface area contributed by atoms with Gasteiger partial charge in [-0.3, -0.25) is 0 Å². The first-order valence-corrected chi connectivity index (χ1v) is 5.23. The summed E-state index contributed by atoms with van der Waals surface area (Å²) < 4.78 is 0. The summed E-state index contributed by atoms with van der Waals surface area (Å²) in [6.07, 6.45) is 0.966. The third-order valence-corrected chi connectivity index (χ3v) is 2.19. The van der Waals surface area contributed by atoms with Gasteiger partial charge < -0.3 is 10.6 Å². The molecule has 0 aromatic rings. The van der Waals surface area contributed by atoms with Gasteiger partial charge in [0.15, 0.2) is 0 Å². The maximum Gasteiger partial charge on any atom is 0.315 e. The molecule has 3 nitrogen and oxygen atoms in total. The van der Waals surface area contributed by atoms with Crippen LogP contribution in [0.15, 0.2) is 0 Å². The van der Waals surface area contributed by atoms with E-state index in [2.05, 4.69) is 27.7 Å². The van der Waals surface area contributed by atoms with E-state index >= 15 is 0 Å². The van der Waals surface area contributed by atoms with Gasteiger partial charge >= 0.3 is 6.03 Å². The van der Waals surface area contributed by atoms with Crippen molar-refractivity contribution in [1.82, 2.24) is 4.90 Å². The number of hydrogen-bond acceptors (Lipinski definition) is 1. The second kappa shape index (κ2) is 4.67. The Labute approximate surface area is 87.6 Å². The van der Waals surface area contributed by atoms with Gasteiger partial charge in [-0.1, -0.05) is 20.8 Å². The van der Waals surface area contributed by atoms with Gasteiger partial charge in [0.25, 0.3) is 0 Å². The Kier molecular flexibility index (Phi) is 4.43. The minimum atomic E-state index is -0.322. The Hall–Kier alpha value is -0.730. The van der Waals surface area contributed by atoms with E-state index in [0.29, 0.717) is 0 Å². The topological polar surface area (TPSA) is 46.3 Å². The van der Waals surface area contributed by atoms with Crippen LogP contribution in [-0.2, 0) is 0 Å². The molecule has 1 atom stereocenters. The van der Waals surface area contributed by atoms with E-state index in [1.54, 1.807) is 4.90 Å². The number of primary amides is 1. The van der Waals surface area contributed by atoms with E-state index in [-0.39, 0.29) is 23.5 Å². The molecule has 0 spiro atoms. The van der Waals surface area contributed by atoms with Crippen LogP contribution in [0.1, 0.15) is 48.0 Å². The molecule has 0 saturated heterocycles. The second-order valence-corrected chi connectivity index (χ2v) is 5.45. The summed E-state index contributed by atoms with van der Waals surface area (Å²) in [6, 6.07) is 0.0501. The van der Waals surface area contributed by atoms with Crippen molar-refractivity contribution in [3.05, 3.63) is 0 Å². The normalized spacial score (nSPS) is 14.2. The average molecular weight is 200 g/mol. The number of hydrogen-bond donors (Lipinski definition) is 1. The van der Waals surface area contributed by atoms with Gasteiger partial charge in [-0.05, 0) is 32.6 Å². The molecule has 14 heavy (non-hydrogen) atoms. The Bertz CT molecular complexity index is 194. The summed E-state index contributed by atoms with van der Waals surface area (Å²) in [5, 5.41) is 0. The average Bonchev–Trinajstić information content (AvgIpc) is 1.78. The Balaban J connectivity index is 4.46. The van der Waals surface area contributed by atoms with Crippen LogP contribution < -0.4 is 5.73 Å². The summed E-state index contributed by atoms with van der Waals surface area (Å²) in [6.45, 7) is 12.5. The van der Waals surface area contributed by atoms with Gasteiger partial charge in [-0.15, -0.1) is 0 Å². The number of nitrogens with two attached hydrogens (primary N) is 1. The van der Waals surface area contributed by atoms with Crippen LogP contribution in [0.4, 0.5) is 4.79 Å². The van der Waals surface area contributed by atoms with Crippen molar-refractivity contribution in [2.24, 2.45) is 11.1 Å². The van der Waals surface area contributed by atoms with Crippen molar-refractivity contribution in [3.63, 3.8) is 0 Å². The predicted octanol–water partition coefficient (Wildman–Crippen LogP) is 2.60. The highest BCUT2D eigenvalue weighted by Crippen LogP contribution is 2.24. The molecular formula is C11H24N2O. The van der Waals surface area contributed by atoms with E-state index < -0.39 is 0 Å². The molecule has 0 aliphatic carbocycles. The van der Waals surface area contributed by atoms with E-state index in [9.17, 15) is 4.79 Å². The fourth-order valence-electron chi connectivity index (χ4n) is 1.97. The zero-order chi connectivity index (χ0) is 11.5. The lowest BCUT2D eigenvalue weighted by molar-refractivity contribution is 0.145. The summed E-state index contributed by atoms with van der Waals surface area (Å²) in [5.74, 6) is 0. The SMILES string of the molecule is CC(C)N(C(N)=O)C(C)CC(C)(C)C. The molecule has 0 aliphatic heterocycles. The first kappa shape index (κ1) is 13.3. The first-order valence-electron chi connectivity index (χ1n) is 5.23. The molecular weight excluding hydrogens is 176 g/mol. The fraction of sp³-hybridized carbons (Fsp3) is 0.909. The van der Waals surface area contributed by atoms with Gasteiger partial charge in [-0.2, -0.15) is 0 Å². The van der Waals surface area contributed by atoms with Gasteiger partial charge in [0.1, 0.15) is 0 Å². The van der Waals surface area contributed by atoms with Crippen molar-refractivity contribution in [2.75, 3.05) is 0 Å². The third-order valence-electron chi connectivity index (χ3n) is 2.19. The lowest BCUT2D eigenvalue weighted by Crippen LogP contribution is -2.47. The summed E-state index contributed by atoms with van der Waals surface area (Å²) >= 11 is 0. The number of urea groups is 1. The van der Waals surface area contributed by atoms with Crippen molar-refractivity contribution in [1.29, 1.82) is 0 Å². The standard InChI is InChI=1S/C11H24N2O/c1-8(2)13(10(12)14)9(3)7-11(4,5)6/h8-9H,7H2,1-6H3,(H2,12,14). The number of carbonyl (C=O) groups is 1. The van der Waals surface area contributed by atoms with Crippen molar-refractivity contribution in [3.8, 4) is 0 Å². The molecule has 2 amide bonds. The molecule has 84 valence electrons. The van der Waals surface area contributed by atoms with Gasteiger partial charge in [0.2, 0.25) is 0 Å². The van der Waals surface area contributed by atoms with E-state index in [1.807, 2.05) is 13.8 Å². The maximum absolute atomic E-state index is 11.2. The molecule has 3 heteroatoms. The maximum atomic E-state index is 11.2. The van der Waals surface area contributed by atoms with Crippen LogP contribution in [0.5, 0.6) is 0 Å². The zero-order valence-electron chi connectivity index (χ0n) is 10.3. The smallest absolute Gasteiger partial charge is 0.315 e. The number of amides is 2. The lowest BCUT2D eigenvalue weighted by Gasteiger charge is -2.35. The van der Waals surface area contributed by atoms with Crippen LogP contribution >= 0.6 is 0 Å². The number of rotatable bonds is 3. The molecule has 0 aromatic heterocycles. The lowest BCUT2D eigenvalue weighted by atomic mass is 9.88. The van der Waals surface area contributed by atoms with E-state index in [4.69, 9.17) is 5.73 Å². The molecule has 0 rings (SSSR count). The fourth-order valence-corrected chi connectivity index (χ4v) is 1.97. The highest BCUT2D eigenvalue weighted by molar-refractivity contribution is 5.72. The molecule has 0 aromatic carbocycles. The third kappa shape index (κ3) is 4.49. The molecule has 0 aliphatic rings. The van der Waals surface area contributed by atoms with Crippen molar-refractivity contribution >= 4 is 6.03 Å². The van der Waals surface area contributed by atoms with Crippen molar-refractivity contribution in [2.45, 2.75) is 60.0 Å². The quantitative estimate of drug-likeness (QED) is 0.748. The minimum Gasteiger partial charge on any atom is -0.351 e. The molecule has 0 heterocycles. The van der Waals surface area contributed by atoms with Crippen LogP contribution in [0.3, 0.4) is 0 Å². The number of carbonyl (C=O) groups excluding carboxylic acids is 1. The summed E-state index contributed by atoms with van der Waals surface area (Å²) in [4.78, 5) is 13.0. The van der Waals surface area contributed by atoms with Crippen LogP contribution in [0.2, 0.25) is 0 Å².